The van der Waals surface area contributed by atoms with Crippen LogP contribution in [0.3, 0.4) is 0 Å². The number of nitrogens with zero attached hydrogens (tertiary/aromatic N) is 1. The number of hydrogen-bond acceptors (Lipinski definition) is 2. The number of carbonyl (C=O) groups excluding carboxylic acids is 1. The SMILES string of the molecule is CC(C)CC(C)N(C)C(=O)C1Cc2ccccc2NC1C. The molecule has 1 aliphatic rings. The molecule has 3 nitrogen and oxygen atoms in total. The molecule has 116 valence electrons. The smallest absolute Gasteiger partial charge is 0.228 e. The van der Waals surface area contributed by atoms with Crippen LogP contribution < -0.4 is 5.32 Å². The Morgan fingerprint density at radius 1 is 1.33 bits per heavy atom. The van der Waals surface area contributed by atoms with Gasteiger partial charge in [-0.2, -0.15) is 0 Å². The molecule has 3 heteroatoms. The van der Waals surface area contributed by atoms with Crippen molar-refractivity contribution in [3.8, 4) is 0 Å². The van der Waals surface area contributed by atoms with E-state index in [0.29, 0.717) is 12.0 Å². The third-order valence-corrected chi connectivity index (χ3v) is 4.58. The van der Waals surface area contributed by atoms with Crippen molar-refractivity contribution in [3.05, 3.63) is 29.8 Å². The zero-order valence-electron chi connectivity index (χ0n) is 13.9. The van der Waals surface area contributed by atoms with E-state index >= 15 is 0 Å². The molecule has 21 heavy (non-hydrogen) atoms. The van der Waals surface area contributed by atoms with Crippen LogP contribution in [0.15, 0.2) is 24.3 Å². The predicted octanol–water partition coefficient (Wildman–Crippen LogP) is 3.55. The Bertz CT molecular complexity index is 498. The monoisotopic (exact) mass is 288 g/mol. The molecule has 0 aromatic heterocycles. The minimum Gasteiger partial charge on any atom is -0.382 e. The van der Waals surface area contributed by atoms with Crippen LogP contribution in [-0.4, -0.2) is 29.9 Å². The van der Waals surface area contributed by atoms with Gasteiger partial charge in [-0.25, -0.2) is 0 Å². The Morgan fingerprint density at radius 3 is 2.67 bits per heavy atom. The van der Waals surface area contributed by atoms with Gasteiger partial charge in [0.25, 0.3) is 0 Å². The summed E-state index contributed by atoms with van der Waals surface area (Å²) in [7, 11) is 1.95. The van der Waals surface area contributed by atoms with E-state index < -0.39 is 0 Å². The highest BCUT2D eigenvalue weighted by Crippen LogP contribution is 2.29. The van der Waals surface area contributed by atoms with E-state index in [4.69, 9.17) is 0 Å². The molecular formula is C18H28N2O. The average molecular weight is 288 g/mol. The number of benzene rings is 1. The van der Waals surface area contributed by atoms with Gasteiger partial charge in [-0.3, -0.25) is 4.79 Å². The van der Waals surface area contributed by atoms with E-state index in [0.717, 1.165) is 12.8 Å². The molecular weight excluding hydrogens is 260 g/mol. The number of amides is 1. The van der Waals surface area contributed by atoms with E-state index in [9.17, 15) is 4.79 Å². The Hall–Kier alpha value is -1.51. The van der Waals surface area contributed by atoms with Crippen molar-refractivity contribution >= 4 is 11.6 Å². The van der Waals surface area contributed by atoms with Crippen LogP contribution >= 0.6 is 0 Å². The number of para-hydroxylation sites is 1. The summed E-state index contributed by atoms with van der Waals surface area (Å²) in [6.45, 7) is 8.66. The molecule has 1 aromatic carbocycles. The Kier molecular flexibility index (Phi) is 4.92. The molecule has 1 N–H and O–H groups in total. The zero-order valence-corrected chi connectivity index (χ0v) is 13.9. The highest BCUT2D eigenvalue weighted by atomic mass is 16.2. The first-order valence-electron chi connectivity index (χ1n) is 8.01. The number of nitrogens with one attached hydrogen (secondary N) is 1. The molecule has 0 fully saturated rings. The van der Waals surface area contributed by atoms with Crippen molar-refractivity contribution in [2.45, 2.75) is 52.6 Å². The topological polar surface area (TPSA) is 32.3 Å². The van der Waals surface area contributed by atoms with Gasteiger partial charge >= 0.3 is 0 Å². The quantitative estimate of drug-likeness (QED) is 0.919. The van der Waals surface area contributed by atoms with Crippen LogP contribution in [-0.2, 0) is 11.2 Å². The maximum absolute atomic E-state index is 12.8. The van der Waals surface area contributed by atoms with E-state index in [-0.39, 0.29) is 17.9 Å². The van der Waals surface area contributed by atoms with Gasteiger partial charge in [0.2, 0.25) is 5.91 Å². The Labute approximate surface area is 128 Å². The van der Waals surface area contributed by atoms with Gasteiger partial charge in [-0.15, -0.1) is 0 Å². The summed E-state index contributed by atoms with van der Waals surface area (Å²) in [4.78, 5) is 14.8. The summed E-state index contributed by atoms with van der Waals surface area (Å²) in [5.74, 6) is 0.898. The minimum atomic E-state index is 0.0273. The maximum Gasteiger partial charge on any atom is 0.228 e. The second kappa shape index (κ2) is 6.50. The van der Waals surface area contributed by atoms with Gasteiger partial charge in [0, 0.05) is 24.8 Å². The van der Waals surface area contributed by atoms with Crippen LogP contribution in [0.1, 0.15) is 39.7 Å². The summed E-state index contributed by atoms with van der Waals surface area (Å²) >= 11 is 0. The van der Waals surface area contributed by atoms with Crippen LogP contribution in [0, 0.1) is 11.8 Å². The standard InChI is InChI=1S/C18H28N2O/c1-12(2)10-13(3)20(5)18(21)16-11-15-8-6-7-9-17(15)19-14(16)4/h6-9,12-14,16,19H,10-11H2,1-5H3. The van der Waals surface area contributed by atoms with Crippen LogP contribution in [0.5, 0.6) is 0 Å². The summed E-state index contributed by atoms with van der Waals surface area (Å²) < 4.78 is 0. The Balaban J connectivity index is 2.09. The van der Waals surface area contributed by atoms with Gasteiger partial charge in [0.15, 0.2) is 0 Å². The molecule has 0 spiro atoms. The second-order valence-electron chi connectivity index (χ2n) is 6.83. The van der Waals surface area contributed by atoms with Crippen molar-refractivity contribution in [1.29, 1.82) is 0 Å². The van der Waals surface area contributed by atoms with Crippen LogP contribution in [0.4, 0.5) is 5.69 Å². The number of fused-ring (bicyclic) bond motifs is 1. The van der Waals surface area contributed by atoms with Gasteiger partial charge in [-0.1, -0.05) is 32.0 Å². The molecule has 1 heterocycles. The number of anilines is 1. The average Bonchev–Trinajstić information content (AvgIpc) is 2.44. The fourth-order valence-corrected chi connectivity index (χ4v) is 3.22. The van der Waals surface area contributed by atoms with E-state index in [1.165, 1.54) is 11.3 Å². The van der Waals surface area contributed by atoms with Crippen molar-refractivity contribution in [2.24, 2.45) is 11.8 Å². The lowest BCUT2D eigenvalue weighted by molar-refractivity contribution is -0.136. The molecule has 0 saturated heterocycles. The van der Waals surface area contributed by atoms with E-state index in [2.05, 4.69) is 45.1 Å². The van der Waals surface area contributed by atoms with E-state index in [1.807, 2.05) is 24.1 Å². The van der Waals surface area contributed by atoms with Crippen molar-refractivity contribution < 1.29 is 4.79 Å². The lowest BCUT2D eigenvalue weighted by atomic mass is 9.86. The summed E-state index contributed by atoms with van der Waals surface area (Å²) in [5, 5.41) is 3.48. The van der Waals surface area contributed by atoms with Crippen LogP contribution in [0.2, 0.25) is 0 Å². The van der Waals surface area contributed by atoms with Gasteiger partial charge in [0.05, 0.1) is 5.92 Å². The molecule has 2 rings (SSSR count). The molecule has 1 amide bonds. The molecule has 1 aromatic rings. The second-order valence-corrected chi connectivity index (χ2v) is 6.83. The fourth-order valence-electron chi connectivity index (χ4n) is 3.22. The number of carbonyl (C=O) groups is 1. The first-order chi connectivity index (χ1) is 9.90. The molecule has 0 saturated carbocycles. The van der Waals surface area contributed by atoms with Gasteiger partial charge < -0.3 is 10.2 Å². The molecule has 0 aliphatic carbocycles. The normalized spacial score (nSPS) is 22.4. The van der Waals surface area contributed by atoms with Crippen molar-refractivity contribution in [1.82, 2.24) is 4.90 Å². The predicted molar refractivity (Wildman–Crippen MR) is 88.4 cm³/mol. The first kappa shape index (κ1) is 15.9. The van der Waals surface area contributed by atoms with Crippen molar-refractivity contribution in [2.75, 3.05) is 12.4 Å². The van der Waals surface area contributed by atoms with Gasteiger partial charge in [-0.05, 0) is 44.2 Å². The summed E-state index contributed by atoms with van der Waals surface area (Å²) in [5.41, 5.74) is 2.42. The summed E-state index contributed by atoms with van der Waals surface area (Å²) in [6, 6.07) is 8.77. The third-order valence-electron chi connectivity index (χ3n) is 4.58. The molecule has 0 radical (unpaired) electrons. The fraction of sp³-hybridized carbons (Fsp3) is 0.611. The highest BCUT2D eigenvalue weighted by Gasteiger charge is 2.33. The summed E-state index contributed by atoms with van der Waals surface area (Å²) in [6.07, 6.45) is 1.88. The lowest BCUT2D eigenvalue weighted by Gasteiger charge is -2.36. The molecule has 1 aliphatic heterocycles. The largest absolute Gasteiger partial charge is 0.382 e. The minimum absolute atomic E-state index is 0.0273. The zero-order chi connectivity index (χ0) is 15.6. The number of hydrogen-bond donors (Lipinski definition) is 1. The molecule has 3 atom stereocenters. The molecule has 0 bridgehead atoms. The first-order valence-corrected chi connectivity index (χ1v) is 8.01. The number of rotatable bonds is 4. The molecule has 3 unspecified atom stereocenters. The van der Waals surface area contributed by atoms with Crippen LogP contribution in [0.25, 0.3) is 0 Å². The maximum atomic E-state index is 12.8. The van der Waals surface area contributed by atoms with E-state index in [1.54, 1.807) is 0 Å². The third kappa shape index (κ3) is 3.58. The van der Waals surface area contributed by atoms with Gasteiger partial charge in [0.1, 0.15) is 0 Å². The Morgan fingerprint density at radius 2 is 2.00 bits per heavy atom. The van der Waals surface area contributed by atoms with Crippen molar-refractivity contribution in [3.63, 3.8) is 0 Å². The highest BCUT2D eigenvalue weighted by molar-refractivity contribution is 5.81. The lowest BCUT2D eigenvalue weighted by Crippen LogP contribution is -2.47.